The molecule has 0 radical (unpaired) electrons. The van der Waals surface area contributed by atoms with Gasteiger partial charge in [0.05, 0.1) is 5.92 Å². The van der Waals surface area contributed by atoms with Gasteiger partial charge in [-0.05, 0) is 31.0 Å². The number of nitrogens with one attached hydrogen (secondary N) is 2. The molecule has 2 N–H and O–H groups in total. The van der Waals surface area contributed by atoms with Crippen LogP contribution in [0.3, 0.4) is 0 Å². The van der Waals surface area contributed by atoms with E-state index < -0.39 is 0 Å². The Morgan fingerprint density at radius 2 is 2.18 bits per heavy atom. The van der Waals surface area contributed by atoms with Crippen LogP contribution in [0, 0.1) is 18.7 Å². The van der Waals surface area contributed by atoms with Crippen molar-refractivity contribution in [1.29, 1.82) is 0 Å². The third-order valence-electron chi connectivity index (χ3n) is 4.71. The summed E-state index contributed by atoms with van der Waals surface area (Å²) >= 11 is 0. The molecular formula is C20H23FN4O3. The lowest BCUT2D eigenvalue weighted by atomic mass is 9.96. The van der Waals surface area contributed by atoms with Crippen LogP contribution in [0.25, 0.3) is 0 Å². The van der Waals surface area contributed by atoms with Gasteiger partial charge >= 0.3 is 0 Å². The Morgan fingerprint density at radius 3 is 2.93 bits per heavy atom. The van der Waals surface area contributed by atoms with Crippen molar-refractivity contribution < 1.29 is 14.0 Å². The van der Waals surface area contributed by atoms with E-state index in [4.69, 9.17) is 0 Å². The number of piperidine rings is 1. The molecule has 0 aliphatic carbocycles. The predicted octanol–water partition coefficient (Wildman–Crippen LogP) is 1.31. The summed E-state index contributed by atoms with van der Waals surface area (Å²) < 4.78 is 13.4. The fourth-order valence-electron chi connectivity index (χ4n) is 3.35. The van der Waals surface area contributed by atoms with Crippen molar-refractivity contribution in [1.82, 2.24) is 20.2 Å². The second-order valence-electron chi connectivity index (χ2n) is 7.01. The Bertz CT molecular complexity index is 928. The van der Waals surface area contributed by atoms with E-state index in [0.29, 0.717) is 49.4 Å². The van der Waals surface area contributed by atoms with E-state index in [-0.39, 0.29) is 35.7 Å². The molecule has 1 aliphatic heterocycles. The minimum atomic E-state index is -0.348. The summed E-state index contributed by atoms with van der Waals surface area (Å²) in [5, 5.41) is 2.85. The molecule has 2 aromatic rings. The Balaban J connectivity index is 1.53. The van der Waals surface area contributed by atoms with Gasteiger partial charge in [0.25, 0.3) is 5.56 Å². The van der Waals surface area contributed by atoms with Crippen LogP contribution in [-0.2, 0) is 22.6 Å². The average Bonchev–Trinajstić information content (AvgIpc) is 2.62. The molecule has 1 aromatic heterocycles. The van der Waals surface area contributed by atoms with Gasteiger partial charge in [0.15, 0.2) is 0 Å². The minimum Gasteiger partial charge on any atom is -0.355 e. The first-order valence-electron chi connectivity index (χ1n) is 9.27. The van der Waals surface area contributed by atoms with Crippen LogP contribution in [0.15, 0.2) is 35.1 Å². The number of halogens is 1. The predicted molar refractivity (Wildman–Crippen MR) is 101 cm³/mol. The van der Waals surface area contributed by atoms with E-state index in [0.717, 1.165) is 0 Å². The topological polar surface area (TPSA) is 95.2 Å². The third kappa shape index (κ3) is 5.25. The molecule has 28 heavy (non-hydrogen) atoms. The van der Waals surface area contributed by atoms with Gasteiger partial charge in [-0.15, -0.1) is 0 Å². The zero-order chi connectivity index (χ0) is 20.1. The molecule has 8 heteroatoms. The first kappa shape index (κ1) is 19.7. The van der Waals surface area contributed by atoms with E-state index >= 15 is 0 Å². The van der Waals surface area contributed by atoms with E-state index in [1.54, 1.807) is 24.0 Å². The molecule has 1 atom stereocenters. The zero-order valence-corrected chi connectivity index (χ0v) is 15.7. The smallest absolute Gasteiger partial charge is 0.251 e. The maximum atomic E-state index is 13.4. The summed E-state index contributed by atoms with van der Waals surface area (Å²) in [6.07, 6.45) is 1.20. The number of aryl methyl sites for hydroxylation is 1. The number of nitrogens with zero attached hydrogens (tertiary/aromatic N) is 2. The number of aromatic nitrogens is 2. The molecule has 3 rings (SSSR count). The van der Waals surface area contributed by atoms with Gasteiger partial charge in [0.2, 0.25) is 11.8 Å². The third-order valence-corrected chi connectivity index (χ3v) is 4.71. The Labute approximate surface area is 162 Å². The van der Waals surface area contributed by atoms with Crippen molar-refractivity contribution in [3.05, 3.63) is 63.6 Å². The molecule has 148 valence electrons. The first-order chi connectivity index (χ1) is 13.4. The van der Waals surface area contributed by atoms with Crippen LogP contribution < -0.4 is 10.9 Å². The Kier molecular flexibility index (Phi) is 6.18. The SMILES string of the molecule is Cc1cc(=O)[nH]c(CCNC(=O)[C@H]2CCC(=O)N(Cc3cccc(F)c3)C2)n1. The molecule has 2 heterocycles. The maximum absolute atomic E-state index is 13.4. The molecule has 1 saturated heterocycles. The van der Waals surface area contributed by atoms with Crippen LogP contribution >= 0.6 is 0 Å². The second kappa shape index (κ2) is 8.77. The highest BCUT2D eigenvalue weighted by atomic mass is 19.1. The van der Waals surface area contributed by atoms with E-state index in [9.17, 15) is 18.8 Å². The molecule has 0 spiro atoms. The molecule has 1 aliphatic rings. The molecule has 1 aromatic carbocycles. The molecule has 0 unspecified atom stereocenters. The normalized spacial score (nSPS) is 16.9. The van der Waals surface area contributed by atoms with E-state index in [2.05, 4.69) is 15.3 Å². The van der Waals surface area contributed by atoms with Gasteiger partial charge in [-0.25, -0.2) is 9.37 Å². The summed E-state index contributed by atoms with van der Waals surface area (Å²) in [7, 11) is 0. The zero-order valence-electron chi connectivity index (χ0n) is 15.7. The number of carbonyl (C=O) groups excluding carboxylic acids is 2. The Hall–Kier alpha value is -3.03. The number of H-pyrrole nitrogens is 1. The van der Waals surface area contributed by atoms with Gasteiger partial charge < -0.3 is 15.2 Å². The van der Waals surface area contributed by atoms with E-state index in [1.165, 1.54) is 18.2 Å². The standard InChI is InChI=1S/C20H23FN4O3/c1-13-9-18(26)24-17(23-13)7-8-22-20(28)15-5-6-19(27)25(12-15)11-14-3-2-4-16(21)10-14/h2-4,9-10,15H,5-8,11-12H2,1H3,(H,22,28)(H,23,24,26)/t15-/m0/s1. The van der Waals surface area contributed by atoms with Crippen LogP contribution in [-0.4, -0.2) is 39.8 Å². The fourth-order valence-corrected chi connectivity index (χ4v) is 3.35. The summed E-state index contributed by atoms with van der Waals surface area (Å²) in [6.45, 7) is 2.68. The van der Waals surface area contributed by atoms with Crippen LogP contribution in [0.1, 0.15) is 29.9 Å². The van der Waals surface area contributed by atoms with Crippen LogP contribution in [0.4, 0.5) is 4.39 Å². The van der Waals surface area contributed by atoms with E-state index in [1.807, 2.05) is 0 Å². The molecule has 0 bridgehead atoms. The largest absolute Gasteiger partial charge is 0.355 e. The number of hydrogen-bond acceptors (Lipinski definition) is 4. The average molecular weight is 386 g/mol. The van der Waals surface area contributed by atoms with Gasteiger partial charge in [-0.1, -0.05) is 12.1 Å². The highest BCUT2D eigenvalue weighted by Crippen LogP contribution is 2.20. The van der Waals surface area contributed by atoms with Gasteiger partial charge in [-0.2, -0.15) is 0 Å². The number of rotatable bonds is 6. The monoisotopic (exact) mass is 386 g/mol. The summed E-state index contributed by atoms with van der Waals surface area (Å²) in [5.74, 6) is -0.298. The highest BCUT2D eigenvalue weighted by Gasteiger charge is 2.30. The summed E-state index contributed by atoms with van der Waals surface area (Å²) in [5.41, 5.74) is 1.11. The quantitative estimate of drug-likeness (QED) is 0.783. The lowest BCUT2D eigenvalue weighted by molar-refractivity contribution is -0.138. The molecular weight excluding hydrogens is 363 g/mol. The van der Waals surface area contributed by atoms with Gasteiger partial charge in [0, 0.05) is 44.2 Å². The van der Waals surface area contributed by atoms with Gasteiger partial charge in [-0.3, -0.25) is 14.4 Å². The van der Waals surface area contributed by atoms with Crippen molar-refractivity contribution in [2.75, 3.05) is 13.1 Å². The van der Waals surface area contributed by atoms with Crippen molar-refractivity contribution in [3.8, 4) is 0 Å². The number of hydrogen-bond donors (Lipinski definition) is 2. The van der Waals surface area contributed by atoms with Crippen LogP contribution in [0.2, 0.25) is 0 Å². The van der Waals surface area contributed by atoms with Crippen LogP contribution in [0.5, 0.6) is 0 Å². The molecule has 0 saturated carbocycles. The molecule has 7 nitrogen and oxygen atoms in total. The van der Waals surface area contributed by atoms with Crippen molar-refractivity contribution >= 4 is 11.8 Å². The number of carbonyl (C=O) groups is 2. The number of aromatic amines is 1. The van der Waals surface area contributed by atoms with Crippen molar-refractivity contribution in [2.24, 2.45) is 5.92 Å². The lowest BCUT2D eigenvalue weighted by Crippen LogP contribution is -2.45. The number of likely N-dealkylation sites (tertiary alicyclic amines) is 1. The lowest BCUT2D eigenvalue weighted by Gasteiger charge is -2.32. The van der Waals surface area contributed by atoms with Crippen molar-refractivity contribution in [2.45, 2.75) is 32.7 Å². The number of amides is 2. The molecule has 1 fully saturated rings. The number of benzene rings is 1. The summed E-state index contributed by atoms with van der Waals surface area (Å²) in [6, 6.07) is 7.53. The van der Waals surface area contributed by atoms with Crippen molar-refractivity contribution in [3.63, 3.8) is 0 Å². The maximum Gasteiger partial charge on any atom is 0.251 e. The van der Waals surface area contributed by atoms with Gasteiger partial charge in [0.1, 0.15) is 11.6 Å². The fraction of sp³-hybridized carbons (Fsp3) is 0.400. The Morgan fingerprint density at radius 1 is 1.36 bits per heavy atom. The summed E-state index contributed by atoms with van der Waals surface area (Å²) in [4.78, 5) is 44.6. The highest BCUT2D eigenvalue weighted by molar-refractivity contribution is 5.83. The molecule has 2 amide bonds. The minimum absolute atomic E-state index is 0.0325. The second-order valence-corrected chi connectivity index (χ2v) is 7.01. The first-order valence-corrected chi connectivity index (χ1v) is 9.27.